The van der Waals surface area contributed by atoms with Gasteiger partial charge >= 0.3 is 6.09 Å². The monoisotopic (exact) mass is 545 g/mol. The van der Waals surface area contributed by atoms with Gasteiger partial charge in [-0.1, -0.05) is 29.8 Å². The van der Waals surface area contributed by atoms with Crippen LogP contribution in [0.2, 0.25) is 5.02 Å². The zero-order valence-corrected chi connectivity index (χ0v) is 21.4. The van der Waals surface area contributed by atoms with Gasteiger partial charge in [0.25, 0.3) is 0 Å². The molecular formula is C26H21ClFN9O2. The Morgan fingerprint density at radius 2 is 2.00 bits per heavy atom. The summed E-state index contributed by atoms with van der Waals surface area (Å²) < 4.78 is 16.4. The summed E-state index contributed by atoms with van der Waals surface area (Å²) in [5.41, 5.74) is 1.48. The van der Waals surface area contributed by atoms with E-state index in [0.29, 0.717) is 51.9 Å². The van der Waals surface area contributed by atoms with E-state index in [1.54, 1.807) is 28.9 Å². The number of halogens is 2. The van der Waals surface area contributed by atoms with Gasteiger partial charge in [0.05, 0.1) is 21.5 Å². The van der Waals surface area contributed by atoms with E-state index in [9.17, 15) is 19.6 Å². The number of aryl methyl sites for hydroxylation is 1. The van der Waals surface area contributed by atoms with Gasteiger partial charge in [-0.15, -0.1) is 0 Å². The average molecular weight is 546 g/mol. The van der Waals surface area contributed by atoms with Gasteiger partial charge in [0, 0.05) is 42.8 Å². The Morgan fingerprint density at radius 3 is 2.72 bits per heavy atom. The third kappa shape index (κ3) is 4.07. The van der Waals surface area contributed by atoms with Crippen LogP contribution in [-0.4, -0.2) is 54.2 Å². The molecule has 0 saturated carbocycles. The van der Waals surface area contributed by atoms with Gasteiger partial charge in [-0.2, -0.15) is 20.4 Å². The quantitative estimate of drug-likeness (QED) is 0.302. The summed E-state index contributed by atoms with van der Waals surface area (Å²) in [5, 5.41) is 35.4. The Labute approximate surface area is 225 Å². The smallest absolute Gasteiger partial charge is 0.405 e. The number of aromatic amines is 1. The molecule has 1 fully saturated rings. The number of H-pyrrole nitrogens is 1. The van der Waals surface area contributed by atoms with Crippen LogP contribution in [-0.2, 0) is 12.6 Å². The summed E-state index contributed by atoms with van der Waals surface area (Å²) in [6, 6.07) is 11.9. The largest absolute Gasteiger partial charge is 0.465 e. The molecule has 1 aliphatic heterocycles. The topological polar surface area (TPSA) is 149 Å². The van der Waals surface area contributed by atoms with Crippen LogP contribution in [0.15, 0.2) is 42.6 Å². The number of fused-ring (bicyclic) bond motifs is 2. The first-order chi connectivity index (χ1) is 18.8. The number of carbonyl (C=O) groups is 1. The molecule has 5 aromatic rings. The molecule has 0 aliphatic carbocycles. The Morgan fingerprint density at radius 1 is 1.23 bits per heavy atom. The van der Waals surface area contributed by atoms with Crippen LogP contribution in [0, 0.1) is 17.1 Å². The Kier molecular flexibility index (Phi) is 5.80. The van der Waals surface area contributed by atoms with Crippen LogP contribution in [0.25, 0.3) is 33.2 Å². The molecule has 196 valence electrons. The summed E-state index contributed by atoms with van der Waals surface area (Å²) in [4.78, 5) is 22.6. The number of nitrogens with zero attached hydrogens (tertiary/aromatic N) is 7. The zero-order chi connectivity index (χ0) is 27.3. The summed E-state index contributed by atoms with van der Waals surface area (Å²) in [7, 11) is 1.81. The molecular weight excluding hydrogens is 525 g/mol. The number of piperidine rings is 1. The second kappa shape index (κ2) is 9.21. The van der Waals surface area contributed by atoms with Gasteiger partial charge < -0.3 is 15.3 Å². The number of hydrogen-bond acceptors (Lipinski definition) is 7. The van der Waals surface area contributed by atoms with E-state index in [1.807, 2.05) is 24.2 Å². The highest BCUT2D eigenvalue weighted by Gasteiger charge is 2.40. The van der Waals surface area contributed by atoms with Crippen molar-refractivity contribution in [3.8, 4) is 17.3 Å². The predicted octanol–water partition coefficient (Wildman–Crippen LogP) is 4.33. The van der Waals surface area contributed by atoms with Crippen LogP contribution in [0.5, 0.6) is 0 Å². The molecule has 6 rings (SSSR count). The van der Waals surface area contributed by atoms with Crippen LogP contribution in [0.1, 0.15) is 24.1 Å². The van der Waals surface area contributed by atoms with Crippen molar-refractivity contribution in [3.05, 3.63) is 64.7 Å². The molecule has 13 heteroatoms. The van der Waals surface area contributed by atoms with Gasteiger partial charge in [-0.3, -0.25) is 9.78 Å². The lowest BCUT2D eigenvalue weighted by Crippen LogP contribution is -2.53. The minimum atomic E-state index is -1.23. The van der Waals surface area contributed by atoms with Crippen molar-refractivity contribution >= 4 is 45.6 Å². The first kappa shape index (κ1) is 24.6. The molecule has 3 aromatic heterocycles. The van der Waals surface area contributed by atoms with Gasteiger partial charge in [-0.25, -0.2) is 14.2 Å². The third-order valence-corrected chi connectivity index (χ3v) is 7.55. The van der Waals surface area contributed by atoms with Gasteiger partial charge in [0.15, 0.2) is 11.3 Å². The Balaban J connectivity index is 1.35. The average Bonchev–Trinajstić information content (AvgIpc) is 3.52. The van der Waals surface area contributed by atoms with E-state index in [0.717, 1.165) is 10.9 Å². The SMILES string of the molecule is Cn1cc2c(Cl)c(-c3n[nH]c4nc(N5CCC(NC(=O)O)(c6ccccc6F)CC5)nc(C#N)c34)ccc2n1. The lowest BCUT2D eigenvalue weighted by atomic mass is 9.80. The number of anilines is 1. The van der Waals surface area contributed by atoms with E-state index in [2.05, 4.69) is 36.7 Å². The van der Waals surface area contributed by atoms with Crippen LogP contribution >= 0.6 is 11.6 Å². The molecule has 1 saturated heterocycles. The van der Waals surface area contributed by atoms with Crippen molar-refractivity contribution < 1.29 is 14.3 Å². The fourth-order valence-corrected chi connectivity index (χ4v) is 5.60. The number of rotatable bonds is 4. The van der Waals surface area contributed by atoms with Crippen molar-refractivity contribution in [2.45, 2.75) is 18.4 Å². The third-order valence-electron chi connectivity index (χ3n) is 7.14. The fraction of sp³-hybridized carbons (Fsp3) is 0.231. The normalized spacial score (nSPS) is 15.0. The van der Waals surface area contributed by atoms with Crippen LogP contribution in [0.3, 0.4) is 0 Å². The van der Waals surface area contributed by atoms with E-state index in [1.165, 1.54) is 6.07 Å². The van der Waals surface area contributed by atoms with Crippen LogP contribution in [0.4, 0.5) is 15.1 Å². The fourth-order valence-electron chi connectivity index (χ4n) is 5.30. The van der Waals surface area contributed by atoms with Crippen molar-refractivity contribution in [1.82, 2.24) is 35.3 Å². The summed E-state index contributed by atoms with van der Waals surface area (Å²) in [5.74, 6) is -0.183. The van der Waals surface area contributed by atoms with Crippen molar-refractivity contribution in [2.24, 2.45) is 7.05 Å². The molecule has 2 aromatic carbocycles. The second-order valence-corrected chi connectivity index (χ2v) is 9.80. The van der Waals surface area contributed by atoms with E-state index in [-0.39, 0.29) is 18.5 Å². The van der Waals surface area contributed by atoms with Gasteiger partial charge in [0.1, 0.15) is 17.6 Å². The van der Waals surface area contributed by atoms with Gasteiger partial charge in [0.2, 0.25) is 5.95 Å². The van der Waals surface area contributed by atoms with E-state index >= 15 is 0 Å². The van der Waals surface area contributed by atoms with Crippen LogP contribution < -0.4 is 10.2 Å². The molecule has 11 nitrogen and oxygen atoms in total. The lowest BCUT2D eigenvalue weighted by Gasteiger charge is -2.42. The molecule has 4 heterocycles. The maximum absolute atomic E-state index is 14.7. The lowest BCUT2D eigenvalue weighted by molar-refractivity contribution is 0.166. The first-order valence-corrected chi connectivity index (χ1v) is 12.5. The molecule has 1 aliphatic rings. The highest BCUT2D eigenvalue weighted by atomic mass is 35.5. The zero-order valence-electron chi connectivity index (χ0n) is 20.6. The van der Waals surface area contributed by atoms with Crippen molar-refractivity contribution in [1.29, 1.82) is 5.26 Å². The molecule has 39 heavy (non-hydrogen) atoms. The van der Waals surface area contributed by atoms with E-state index in [4.69, 9.17) is 11.6 Å². The van der Waals surface area contributed by atoms with Crippen molar-refractivity contribution in [2.75, 3.05) is 18.0 Å². The second-order valence-electron chi connectivity index (χ2n) is 9.42. The maximum Gasteiger partial charge on any atom is 0.405 e. The number of benzene rings is 2. The predicted molar refractivity (Wildman–Crippen MR) is 142 cm³/mol. The summed E-state index contributed by atoms with van der Waals surface area (Å²) in [6.07, 6.45) is 1.13. The number of carboxylic acid groups (broad SMARTS) is 1. The first-order valence-electron chi connectivity index (χ1n) is 12.1. The molecule has 3 N–H and O–H groups in total. The number of aromatic nitrogens is 6. The summed E-state index contributed by atoms with van der Waals surface area (Å²) >= 11 is 6.71. The molecule has 0 unspecified atom stereocenters. The van der Waals surface area contributed by atoms with E-state index < -0.39 is 17.4 Å². The highest BCUT2D eigenvalue weighted by Crippen LogP contribution is 2.38. The number of nitrogens with one attached hydrogen (secondary N) is 2. The summed E-state index contributed by atoms with van der Waals surface area (Å²) in [6.45, 7) is 0.658. The molecule has 0 atom stereocenters. The molecule has 0 bridgehead atoms. The van der Waals surface area contributed by atoms with Gasteiger partial charge in [-0.05, 0) is 31.0 Å². The standard InChI is InChI=1S/C26H21ClFN9O2/c1-36-13-15-18(35-36)7-6-14(21(15)27)22-20-19(12-29)30-24(31-23(20)34-33-22)37-10-8-26(9-11-37,32-25(38)39)16-4-2-3-5-17(16)28/h2-7,13,32H,8-11H2,1H3,(H,38,39)(H,30,31,33,34). The Hall–Kier alpha value is -4.76. The van der Waals surface area contributed by atoms with Crippen molar-refractivity contribution in [3.63, 3.8) is 0 Å². The maximum atomic E-state index is 14.7. The minimum absolute atomic E-state index is 0.121. The number of amides is 1. The number of nitriles is 1. The molecule has 0 radical (unpaired) electrons. The molecule has 0 spiro atoms. The Bertz CT molecular complexity index is 1800. The molecule has 1 amide bonds. The highest BCUT2D eigenvalue weighted by molar-refractivity contribution is 6.38. The number of hydrogen-bond donors (Lipinski definition) is 3. The minimum Gasteiger partial charge on any atom is -0.465 e.